The minimum Gasteiger partial charge on any atom is -0.478 e. The summed E-state index contributed by atoms with van der Waals surface area (Å²) in [4.78, 5) is 20.2. The average Bonchev–Trinajstić information content (AvgIpc) is 2.25. The van der Waals surface area contributed by atoms with E-state index < -0.39 is 5.97 Å². The van der Waals surface area contributed by atoms with Crippen molar-refractivity contribution in [2.75, 3.05) is 0 Å². The van der Waals surface area contributed by atoms with Gasteiger partial charge >= 0.3 is 5.97 Å². The summed E-state index contributed by atoms with van der Waals surface area (Å²) in [5, 5.41) is 10.6. The smallest absolute Gasteiger partial charge is 0.338 e. The van der Waals surface area contributed by atoms with E-state index in [4.69, 9.17) is 0 Å². The van der Waals surface area contributed by atoms with E-state index in [1.807, 2.05) is 32.9 Å². The van der Waals surface area contributed by atoms with Crippen LogP contribution in [0.4, 0.5) is 0 Å². The van der Waals surface area contributed by atoms with Gasteiger partial charge in [0, 0.05) is 11.4 Å². The van der Waals surface area contributed by atoms with Gasteiger partial charge in [-0.2, -0.15) is 0 Å². The van der Waals surface area contributed by atoms with Crippen LogP contribution in [0.15, 0.2) is 28.3 Å². The van der Waals surface area contributed by atoms with Gasteiger partial charge in [-0.1, -0.05) is 0 Å². The lowest BCUT2D eigenvalue weighted by Gasteiger charge is -2.09. The van der Waals surface area contributed by atoms with Crippen LogP contribution in [-0.4, -0.2) is 21.0 Å². The molecule has 4 nitrogen and oxygen atoms in total. The van der Waals surface area contributed by atoms with Crippen LogP contribution in [0.5, 0.6) is 0 Å². The molecule has 2 aromatic heterocycles. The summed E-state index contributed by atoms with van der Waals surface area (Å²) in [6.45, 7) is 7.56. The van der Waals surface area contributed by atoms with E-state index in [1.54, 1.807) is 13.0 Å². The predicted octanol–water partition coefficient (Wildman–Crippen LogP) is 3.56. The molecule has 0 fully saturated rings. The van der Waals surface area contributed by atoms with Gasteiger partial charge in [-0.05, 0) is 68.8 Å². The Bertz CT molecular complexity index is 664. The van der Waals surface area contributed by atoms with Crippen molar-refractivity contribution in [2.24, 2.45) is 0 Å². The summed E-state index contributed by atoms with van der Waals surface area (Å²) in [6.07, 6.45) is 0. The molecule has 2 heterocycles. The second kappa shape index (κ2) is 5.63. The van der Waals surface area contributed by atoms with Gasteiger partial charge in [0.05, 0.1) is 5.56 Å². The number of rotatable bonds is 3. The number of carboxylic acid groups (broad SMARTS) is 1. The minimum atomic E-state index is -0.957. The van der Waals surface area contributed by atoms with Gasteiger partial charge in [-0.3, -0.25) is 0 Å². The molecule has 0 atom stereocenters. The highest BCUT2D eigenvalue weighted by atomic mass is 32.2. The van der Waals surface area contributed by atoms with E-state index in [0.717, 1.165) is 27.5 Å². The molecular weight excluding hydrogens is 272 g/mol. The van der Waals surface area contributed by atoms with E-state index >= 15 is 0 Å². The summed E-state index contributed by atoms with van der Waals surface area (Å²) < 4.78 is 0. The fourth-order valence-electron chi connectivity index (χ4n) is 2.09. The van der Waals surface area contributed by atoms with Gasteiger partial charge in [0.15, 0.2) is 0 Å². The average molecular weight is 288 g/mol. The zero-order valence-corrected chi connectivity index (χ0v) is 12.7. The highest BCUT2D eigenvalue weighted by Gasteiger charge is 2.17. The third-order valence-electron chi connectivity index (χ3n) is 2.80. The van der Waals surface area contributed by atoms with E-state index in [0.29, 0.717) is 5.03 Å². The van der Waals surface area contributed by atoms with E-state index in [1.165, 1.54) is 11.8 Å². The standard InChI is InChI=1S/C15H16N2O2S/c1-8-5-10(3)16-12(6-8)20-14-13(15(18)19)9(2)7-11(4)17-14/h5-7H,1-4H3,(H,18,19). The number of aryl methyl sites for hydroxylation is 4. The third-order valence-corrected chi connectivity index (χ3v) is 3.71. The number of pyridine rings is 2. The third kappa shape index (κ3) is 3.17. The van der Waals surface area contributed by atoms with Crippen LogP contribution in [0.2, 0.25) is 0 Å². The summed E-state index contributed by atoms with van der Waals surface area (Å²) in [5.41, 5.74) is 3.79. The van der Waals surface area contributed by atoms with Crippen LogP contribution in [0, 0.1) is 27.7 Å². The fourth-order valence-corrected chi connectivity index (χ4v) is 3.26. The largest absolute Gasteiger partial charge is 0.478 e. The molecule has 104 valence electrons. The van der Waals surface area contributed by atoms with Gasteiger partial charge in [0.1, 0.15) is 10.1 Å². The van der Waals surface area contributed by atoms with Crippen molar-refractivity contribution in [2.45, 2.75) is 37.7 Å². The quantitative estimate of drug-likeness (QED) is 0.935. The van der Waals surface area contributed by atoms with E-state index in [-0.39, 0.29) is 5.56 Å². The number of aromatic carboxylic acids is 1. The summed E-state index contributed by atoms with van der Waals surface area (Å²) >= 11 is 1.30. The van der Waals surface area contributed by atoms with E-state index in [2.05, 4.69) is 9.97 Å². The Kier molecular flexibility index (Phi) is 4.09. The van der Waals surface area contributed by atoms with Crippen LogP contribution in [-0.2, 0) is 0 Å². The maximum Gasteiger partial charge on any atom is 0.338 e. The first-order chi connectivity index (χ1) is 9.36. The van der Waals surface area contributed by atoms with Crippen LogP contribution >= 0.6 is 11.8 Å². The highest BCUT2D eigenvalue weighted by Crippen LogP contribution is 2.30. The van der Waals surface area contributed by atoms with Gasteiger partial charge < -0.3 is 5.11 Å². The maximum atomic E-state index is 11.4. The van der Waals surface area contributed by atoms with Crippen molar-refractivity contribution in [3.05, 3.63) is 46.3 Å². The topological polar surface area (TPSA) is 63.1 Å². The van der Waals surface area contributed by atoms with Gasteiger partial charge in [-0.25, -0.2) is 14.8 Å². The number of hydrogen-bond acceptors (Lipinski definition) is 4. The van der Waals surface area contributed by atoms with Gasteiger partial charge in [0.2, 0.25) is 0 Å². The highest BCUT2D eigenvalue weighted by molar-refractivity contribution is 7.99. The normalized spacial score (nSPS) is 10.6. The van der Waals surface area contributed by atoms with Crippen molar-refractivity contribution in [3.8, 4) is 0 Å². The lowest BCUT2D eigenvalue weighted by atomic mass is 10.1. The number of aromatic nitrogens is 2. The molecule has 0 aliphatic heterocycles. The fraction of sp³-hybridized carbons (Fsp3) is 0.267. The van der Waals surface area contributed by atoms with Crippen LogP contribution in [0.25, 0.3) is 0 Å². The van der Waals surface area contributed by atoms with Crippen LogP contribution in [0.3, 0.4) is 0 Å². The number of carboxylic acids is 1. The zero-order chi connectivity index (χ0) is 14.9. The first-order valence-electron chi connectivity index (χ1n) is 6.21. The van der Waals surface area contributed by atoms with Crippen molar-refractivity contribution in [1.29, 1.82) is 0 Å². The Labute approximate surface area is 122 Å². The first-order valence-corrected chi connectivity index (χ1v) is 7.03. The number of hydrogen-bond donors (Lipinski definition) is 1. The molecule has 5 heteroatoms. The molecule has 1 N–H and O–H groups in total. The molecule has 0 unspecified atom stereocenters. The number of carbonyl (C=O) groups is 1. The molecule has 0 saturated heterocycles. The molecule has 0 aliphatic carbocycles. The first kappa shape index (κ1) is 14.5. The summed E-state index contributed by atoms with van der Waals surface area (Å²) in [7, 11) is 0. The maximum absolute atomic E-state index is 11.4. The van der Waals surface area contributed by atoms with Crippen LogP contribution in [0.1, 0.15) is 32.9 Å². The predicted molar refractivity (Wildman–Crippen MR) is 78.5 cm³/mol. The molecule has 0 bridgehead atoms. The molecule has 2 rings (SSSR count). The summed E-state index contributed by atoms with van der Waals surface area (Å²) in [5.74, 6) is -0.957. The molecule has 0 spiro atoms. The monoisotopic (exact) mass is 288 g/mol. The Morgan fingerprint density at radius 1 is 1.05 bits per heavy atom. The summed E-state index contributed by atoms with van der Waals surface area (Å²) in [6, 6.07) is 5.70. The second-order valence-electron chi connectivity index (χ2n) is 4.79. The molecule has 0 radical (unpaired) electrons. The lowest BCUT2D eigenvalue weighted by Crippen LogP contribution is -2.05. The van der Waals surface area contributed by atoms with Crippen molar-refractivity contribution < 1.29 is 9.90 Å². The van der Waals surface area contributed by atoms with Gasteiger partial charge in [-0.15, -0.1) is 0 Å². The second-order valence-corrected chi connectivity index (χ2v) is 5.80. The molecule has 0 aliphatic rings. The SMILES string of the molecule is Cc1cc(C)nc(Sc2nc(C)cc(C)c2C(=O)O)c1. The van der Waals surface area contributed by atoms with E-state index in [9.17, 15) is 9.90 Å². The van der Waals surface area contributed by atoms with Crippen LogP contribution < -0.4 is 0 Å². The Morgan fingerprint density at radius 3 is 2.30 bits per heavy atom. The zero-order valence-electron chi connectivity index (χ0n) is 11.9. The molecular formula is C15H16N2O2S. The Balaban J connectivity index is 2.49. The molecule has 0 amide bonds. The molecule has 0 aromatic carbocycles. The lowest BCUT2D eigenvalue weighted by molar-refractivity contribution is 0.0691. The Morgan fingerprint density at radius 2 is 1.70 bits per heavy atom. The van der Waals surface area contributed by atoms with Gasteiger partial charge in [0.25, 0.3) is 0 Å². The minimum absolute atomic E-state index is 0.251. The van der Waals surface area contributed by atoms with Crippen molar-refractivity contribution >= 4 is 17.7 Å². The molecule has 0 saturated carbocycles. The van der Waals surface area contributed by atoms with Crippen molar-refractivity contribution in [1.82, 2.24) is 9.97 Å². The van der Waals surface area contributed by atoms with Crippen molar-refractivity contribution in [3.63, 3.8) is 0 Å². The Hall–Kier alpha value is -1.88. The number of nitrogens with zero attached hydrogens (tertiary/aromatic N) is 2. The molecule has 20 heavy (non-hydrogen) atoms. The molecule has 2 aromatic rings.